The number of carbonyl (C=O) groups is 1. The van der Waals surface area contributed by atoms with E-state index in [-0.39, 0.29) is 12.5 Å². The summed E-state index contributed by atoms with van der Waals surface area (Å²) in [5, 5.41) is 3.82. The summed E-state index contributed by atoms with van der Waals surface area (Å²) in [6.07, 6.45) is 1.63. The maximum absolute atomic E-state index is 12.8. The SMILES string of the molecule is Cc1cccc(N2C(=O)/C(=C\c3ccc(COc4ccccc4Cl)o3)NC2=S)c1. The molecule has 146 valence electrons. The highest BCUT2D eigenvalue weighted by Gasteiger charge is 2.32. The molecule has 0 saturated carbocycles. The van der Waals surface area contributed by atoms with Crippen molar-refractivity contribution in [1.82, 2.24) is 5.32 Å². The second-order valence-corrected chi connectivity index (χ2v) is 7.28. The van der Waals surface area contributed by atoms with Gasteiger partial charge in [-0.25, -0.2) is 0 Å². The van der Waals surface area contributed by atoms with E-state index >= 15 is 0 Å². The molecule has 0 radical (unpaired) electrons. The molecule has 0 atom stereocenters. The number of rotatable bonds is 5. The third-order valence-electron chi connectivity index (χ3n) is 4.31. The van der Waals surface area contributed by atoms with E-state index in [0.29, 0.717) is 33.1 Å². The van der Waals surface area contributed by atoms with Gasteiger partial charge in [0.15, 0.2) is 5.11 Å². The van der Waals surface area contributed by atoms with E-state index in [4.69, 9.17) is 33.0 Å². The number of ether oxygens (including phenoxy) is 1. The van der Waals surface area contributed by atoms with E-state index in [9.17, 15) is 4.79 Å². The van der Waals surface area contributed by atoms with E-state index in [1.54, 1.807) is 30.3 Å². The Morgan fingerprint density at radius 1 is 1.17 bits per heavy atom. The molecule has 1 aliphatic rings. The fourth-order valence-corrected chi connectivity index (χ4v) is 3.43. The first-order valence-electron chi connectivity index (χ1n) is 8.91. The summed E-state index contributed by atoms with van der Waals surface area (Å²) in [5.74, 6) is 1.48. The van der Waals surface area contributed by atoms with Gasteiger partial charge in [0.25, 0.3) is 5.91 Å². The number of aryl methyl sites for hydroxylation is 1. The Hall–Kier alpha value is -3.09. The maximum Gasteiger partial charge on any atom is 0.281 e. The van der Waals surface area contributed by atoms with E-state index in [2.05, 4.69) is 5.32 Å². The van der Waals surface area contributed by atoms with Gasteiger partial charge in [0.05, 0.1) is 10.7 Å². The van der Waals surface area contributed by atoms with Crippen molar-refractivity contribution in [1.29, 1.82) is 0 Å². The molecule has 4 rings (SSSR count). The van der Waals surface area contributed by atoms with E-state index in [1.165, 1.54) is 4.90 Å². The Balaban J connectivity index is 1.48. The minimum atomic E-state index is -0.231. The van der Waals surface area contributed by atoms with E-state index < -0.39 is 0 Å². The summed E-state index contributed by atoms with van der Waals surface area (Å²) in [7, 11) is 0. The van der Waals surface area contributed by atoms with Crippen LogP contribution in [0.15, 0.2) is 70.8 Å². The second-order valence-electron chi connectivity index (χ2n) is 6.49. The fourth-order valence-electron chi connectivity index (χ4n) is 2.94. The molecular formula is C22H17ClN2O3S. The standard InChI is InChI=1S/C22H17ClN2O3S/c1-14-5-4-6-15(11-14)25-21(26)19(24-22(25)29)12-16-9-10-17(28-16)13-27-20-8-3-2-7-18(20)23/h2-12H,13H2,1H3,(H,24,29)/b19-12+. The van der Waals surface area contributed by atoms with Gasteiger partial charge in [0, 0.05) is 6.08 Å². The number of nitrogens with zero attached hydrogens (tertiary/aromatic N) is 1. The quantitative estimate of drug-likeness (QED) is 0.457. The van der Waals surface area contributed by atoms with Crippen molar-refractivity contribution in [3.05, 3.63) is 88.5 Å². The van der Waals surface area contributed by atoms with E-state index in [1.807, 2.05) is 43.3 Å². The average molecular weight is 425 g/mol. The molecule has 29 heavy (non-hydrogen) atoms. The number of carbonyl (C=O) groups excluding carboxylic acids is 1. The van der Waals surface area contributed by atoms with Crippen molar-refractivity contribution >= 4 is 46.6 Å². The zero-order valence-corrected chi connectivity index (χ0v) is 17.1. The number of halogens is 1. The summed E-state index contributed by atoms with van der Waals surface area (Å²) >= 11 is 11.4. The van der Waals surface area contributed by atoms with Crippen LogP contribution in [0.2, 0.25) is 5.02 Å². The van der Waals surface area contributed by atoms with Crippen molar-refractivity contribution in [2.45, 2.75) is 13.5 Å². The normalized spacial score (nSPS) is 15.1. The summed E-state index contributed by atoms with van der Waals surface area (Å²) in [4.78, 5) is 14.3. The minimum absolute atomic E-state index is 0.224. The molecule has 2 aromatic carbocycles. The zero-order chi connectivity index (χ0) is 20.4. The van der Waals surface area contributed by atoms with Crippen molar-refractivity contribution in [2.24, 2.45) is 0 Å². The molecule has 1 aliphatic heterocycles. The van der Waals surface area contributed by atoms with Crippen LogP contribution < -0.4 is 15.0 Å². The third kappa shape index (κ3) is 4.18. The van der Waals surface area contributed by atoms with Crippen LogP contribution >= 0.6 is 23.8 Å². The molecule has 2 heterocycles. The van der Waals surface area contributed by atoms with Gasteiger partial charge in [-0.2, -0.15) is 0 Å². The van der Waals surface area contributed by atoms with Crippen LogP contribution in [0.1, 0.15) is 17.1 Å². The minimum Gasteiger partial charge on any atom is -0.484 e. The number of benzene rings is 2. The van der Waals surface area contributed by atoms with Gasteiger partial charge in [-0.1, -0.05) is 35.9 Å². The first-order chi connectivity index (χ1) is 14.0. The van der Waals surface area contributed by atoms with Gasteiger partial charge < -0.3 is 14.5 Å². The molecule has 1 saturated heterocycles. The van der Waals surface area contributed by atoms with Crippen molar-refractivity contribution in [2.75, 3.05) is 4.90 Å². The summed E-state index contributed by atoms with van der Waals surface area (Å²) in [6.45, 7) is 2.19. The highest BCUT2D eigenvalue weighted by molar-refractivity contribution is 7.80. The predicted octanol–water partition coefficient (Wildman–Crippen LogP) is 5.08. The summed E-state index contributed by atoms with van der Waals surface area (Å²) in [6, 6.07) is 18.4. The number of nitrogens with one attached hydrogen (secondary N) is 1. The highest BCUT2D eigenvalue weighted by Crippen LogP contribution is 2.26. The molecule has 1 N–H and O–H groups in total. The Bertz CT molecular complexity index is 1120. The number of hydrogen-bond acceptors (Lipinski definition) is 4. The van der Waals surface area contributed by atoms with E-state index in [0.717, 1.165) is 11.3 Å². The first kappa shape index (κ1) is 19.2. The molecule has 0 spiro atoms. The average Bonchev–Trinajstić information content (AvgIpc) is 3.25. The number of thiocarbonyl (C=S) groups is 1. The van der Waals surface area contributed by atoms with Crippen LogP contribution in [0.4, 0.5) is 5.69 Å². The Labute approximate surface area is 178 Å². The lowest BCUT2D eigenvalue weighted by molar-refractivity contribution is -0.113. The first-order valence-corrected chi connectivity index (χ1v) is 9.70. The van der Waals surface area contributed by atoms with Crippen molar-refractivity contribution in [3.8, 4) is 5.75 Å². The maximum atomic E-state index is 12.8. The lowest BCUT2D eigenvalue weighted by atomic mass is 10.2. The summed E-state index contributed by atoms with van der Waals surface area (Å²) in [5.41, 5.74) is 2.12. The van der Waals surface area contributed by atoms with Crippen LogP contribution in [0, 0.1) is 6.92 Å². The van der Waals surface area contributed by atoms with Gasteiger partial charge in [0.1, 0.15) is 29.6 Å². The number of furan rings is 1. The van der Waals surface area contributed by atoms with Crippen LogP contribution in [-0.2, 0) is 11.4 Å². The molecule has 0 bridgehead atoms. The van der Waals surface area contributed by atoms with Crippen molar-refractivity contribution < 1.29 is 13.9 Å². The van der Waals surface area contributed by atoms with Gasteiger partial charge in [-0.3, -0.25) is 9.69 Å². The summed E-state index contributed by atoms with van der Waals surface area (Å²) < 4.78 is 11.4. The molecule has 0 aliphatic carbocycles. The Kier molecular flexibility index (Phi) is 5.38. The van der Waals surface area contributed by atoms with Crippen LogP contribution in [0.25, 0.3) is 6.08 Å². The molecule has 1 amide bonds. The Morgan fingerprint density at radius 2 is 2.00 bits per heavy atom. The molecule has 7 heteroatoms. The molecule has 1 aromatic heterocycles. The lowest BCUT2D eigenvalue weighted by Crippen LogP contribution is -2.30. The Morgan fingerprint density at radius 3 is 2.79 bits per heavy atom. The highest BCUT2D eigenvalue weighted by atomic mass is 35.5. The molecular weight excluding hydrogens is 408 g/mol. The zero-order valence-electron chi connectivity index (χ0n) is 15.5. The van der Waals surface area contributed by atoms with Crippen LogP contribution in [-0.4, -0.2) is 11.0 Å². The molecule has 0 unspecified atom stereocenters. The predicted molar refractivity (Wildman–Crippen MR) is 117 cm³/mol. The molecule has 1 fully saturated rings. The second kappa shape index (κ2) is 8.11. The third-order valence-corrected chi connectivity index (χ3v) is 4.91. The molecule has 3 aromatic rings. The van der Waals surface area contributed by atoms with Crippen molar-refractivity contribution in [3.63, 3.8) is 0 Å². The topological polar surface area (TPSA) is 54.7 Å². The fraction of sp³-hybridized carbons (Fsp3) is 0.0909. The smallest absolute Gasteiger partial charge is 0.281 e. The molecule has 5 nitrogen and oxygen atoms in total. The largest absolute Gasteiger partial charge is 0.484 e. The lowest BCUT2D eigenvalue weighted by Gasteiger charge is -2.14. The number of hydrogen-bond donors (Lipinski definition) is 1. The monoisotopic (exact) mass is 424 g/mol. The van der Waals surface area contributed by atoms with Gasteiger partial charge in [0.2, 0.25) is 0 Å². The van der Waals surface area contributed by atoms with Gasteiger partial charge in [-0.15, -0.1) is 0 Å². The van der Waals surface area contributed by atoms with Gasteiger partial charge >= 0.3 is 0 Å². The number of amides is 1. The number of anilines is 1. The van der Waals surface area contributed by atoms with Crippen LogP contribution in [0.5, 0.6) is 5.75 Å². The van der Waals surface area contributed by atoms with Gasteiger partial charge in [-0.05, 0) is 61.1 Å². The van der Waals surface area contributed by atoms with Crippen LogP contribution in [0.3, 0.4) is 0 Å². The number of para-hydroxylation sites is 1.